The Morgan fingerprint density at radius 3 is 2.56 bits per heavy atom. The van der Waals surface area contributed by atoms with Gasteiger partial charge in [0.15, 0.2) is 5.01 Å². The Labute approximate surface area is 101 Å². The van der Waals surface area contributed by atoms with E-state index in [1.54, 1.807) is 12.1 Å². The van der Waals surface area contributed by atoms with Crippen molar-refractivity contribution >= 4 is 22.9 Å². The van der Waals surface area contributed by atoms with Crippen LogP contribution in [0.3, 0.4) is 0 Å². The van der Waals surface area contributed by atoms with Gasteiger partial charge in [-0.3, -0.25) is 0 Å². The molecule has 0 atom stereocenters. The van der Waals surface area contributed by atoms with Crippen molar-refractivity contribution in [2.75, 3.05) is 0 Å². The highest BCUT2D eigenvalue weighted by molar-refractivity contribution is 7.15. The van der Waals surface area contributed by atoms with E-state index in [2.05, 4.69) is 10.2 Å². The van der Waals surface area contributed by atoms with Gasteiger partial charge in [0.2, 0.25) is 4.47 Å². The van der Waals surface area contributed by atoms with E-state index in [1.165, 1.54) is 11.3 Å². The third kappa shape index (κ3) is 2.91. The van der Waals surface area contributed by atoms with Crippen LogP contribution in [-0.4, -0.2) is 15.3 Å². The Hall–Kier alpha value is -1.17. The molecule has 0 aliphatic heterocycles. The molecule has 0 bridgehead atoms. The normalized spacial score (nSPS) is 10.4. The summed E-state index contributed by atoms with van der Waals surface area (Å²) in [6.45, 7) is 0.384. The number of aliphatic hydroxyl groups is 1. The van der Waals surface area contributed by atoms with Gasteiger partial charge in [-0.1, -0.05) is 23.5 Å². The molecular formula is C10H9ClN2O2S. The number of hydrogen-bond donors (Lipinski definition) is 1. The minimum atomic E-state index is 0.0340. The van der Waals surface area contributed by atoms with Crippen LogP contribution in [0, 0.1) is 0 Å². The minimum Gasteiger partial charge on any atom is -0.486 e. The lowest BCUT2D eigenvalue weighted by Crippen LogP contribution is -1.95. The van der Waals surface area contributed by atoms with Crippen molar-refractivity contribution in [3.05, 3.63) is 39.3 Å². The lowest BCUT2D eigenvalue weighted by atomic mass is 10.2. The number of benzene rings is 1. The molecule has 0 aliphatic rings. The predicted molar refractivity (Wildman–Crippen MR) is 61.6 cm³/mol. The van der Waals surface area contributed by atoms with Gasteiger partial charge in [0.25, 0.3) is 0 Å². The number of nitrogens with zero attached hydrogens (tertiary/aromatic N) is 2. The minimum absolute atomic E-state index is 0.0340. The average molecular weight is 257 g/mol. The Morgan fingerprint density at radius 1 is 1.25 bits per heavy atom. The fourth-order valence-corrected chi connectivity index (χ4v) is 1.91. The number of hydrogen-bond acceptors (Lipinski definition) is 5. The molecular weight excluding hydrogens is 248 g/mol. The molecule has 2 aromatic rings. The lowest BCUT2D eigenvalue weighted by Gasteiger charge is -2.03. The van der Waals surface area contributed by atoms with Crippen molar-refractivity contribution in [2.45, 2.75) is 13.2 Å². The SMILES string of the molecule is OCc1ccc(OCc2nnc(Cl)s2)cc1. The molecule has 2 rings (SSSR count). The average Bonchev–Trinajstić information content (AvgIpc) is 2.73. The summed E-state index contributed by atoms with van der Waals surface area (Å²) in [5.41, 5.74) is 0.853. The van der Waals surface area contributed by atoms with E-state index in [9.17, 15) is 0 Å². The molecule has 0 spiro atoms. The summed E-state index contributed by atoms with van der Waals surface area (Å²) in [5, 5.41) is 17.1. The molecule has 16 heavy (non-hydrogen) atoms. The summed E-state index contributed by atoms with van der Waals surface area (Å²) < 4.78 is 5.88. The molecule has 0 saturated carbocycles. The van der Waals surface area contributed by atoms with Crippen molar-refractivity contribution in [1.29, 1.82) is 0 Å². The number of aliphatic hydroxyl groups excluding tert-OH is 1. The molecule has 0 radical (unpaired) electrons. The maximum atomic E-state index is 8.87. The van der Waals surface area contributed by atoms with E-state index in [-0.39, 0.29) is 6.61 Å². The topological polar surface area (TPSA) is 55.2 Å². The van der Waals surface area contributed by atoms with E-state index >= 15 is 0 Å². The van der Waals surface area contributed by atoms with Crippen LogP contribution in [0.4, 0.5) is 0 Å². The standard InChI is InChI=1S/C10H9ClN2O2S/c11-10-13-12-9(16-10)6-15-8-3-1-7(5-14)2-4-8/h1-4,14H,5-6H2. The summed E-state index contributed by atoms with van der Waals surface area (Å²) in [6.07, 6.45) is 0. The molecule has 0 aliphatic carbocycles. The fraction of sp³-hybridized carbons (Fsp3) is 0.200. The van der Waals surface area contributed by atoms with Crippen LogP contribution in [0.1, 0.15) is 10.6 Å². The van der Waals surface area contributed by atoms with Gasteiger partial charge >= 0.3 is 0 Å². The van der Waals surface area contributed by atoms with Crippen molar-refractivity contribution in [3.8, 4) is 5.75 Å². The summed E-state index contributed by atoms with van der Waals surface area (Å²) in [7, 11) is 0. The van der Waals surface area contributed by atoms with E-state index < -0.39 is 0 Å². The van der Waals surface area contributed by atoms with Crippen LogP contribution in [-0.2, 0) is 13.2 Å². The summed E-state index contributed by atoms with van der Waals surface area (Å²) in [4.78, 5) is 0. The van der Waals surface area contributed by atoms with Gasteiger partial charge in [-0.15, -0.1) is 10.2 Å². The second-order valence-corrected chi connectivity index (χ2v) is 4.68. The zero-order chi connectivity index (χ0) is 11.4. The number of halogens is 1. The molecule has 0 saturated heterocycles. The Balaban J connectivity index is 1.94. The molecule has 0 amide bonds. The third-order valence-electron chi connectivity index (χ3n) is 1.91. The highest BCUT2D eigenvalue weighted by Gasteiger charge is 2.02. The molecule has 4 nitrogen and oxygen atoms in total. The molecule has 1 aromatic heterocycles. The molecule has 0 fully saturated rings. The first-order chi connectivity index (χ1) is 7.78. The van der Waals surface area contributed by atoms with Gasteiger partial charge in [-0.25, -0.2) is 0 Å². The fourth-order valence-electron chi connectivity index (χ4n) is 1.13. The van der Waals surface area contributed by atoms with Crippen molar-refractivity contribution in [2.24, 2.45) is 0 Å². The monoisotopic (exact) mass is 256 g/mol. The zero-order valence-corrected chi connectivity index (χ0v) is 9.83. The molecule has 0 unspecified atom stereocenters. The quantitative estimate of drug-likeness (QED) is 0.912. The van der Waals surface area contributed by atoms with E-state index in [4.69, 9.17) is 21.4 Å². The van der Waals surface area contributed by atoms with Crippen LogP contribution in [0.25, 0.3) is 0 Å². The van der Waals surface area contributed by atoms with Crippen molar-refractivity contribution in [3.63, 3.8) is 0 Å². The van der Waals surface area contributed by atoms with E-state index in [0.717, 1.165) is 16.3 Å². The third-order valence-corrected chi connectivity index (χ3v) is 2.90. The van der Waals surface area contributed by atoms with Crippen LogP contribution >= 0.6 is 22.9 Å². The van der Waals surface area contributed by atoms with Crippen LogP contribution in [0.5, 0.6) is 5.75 Å². The second kappa shape index (κ2) is 5.25. The van der Waals surface area contributed by atoms with Gasteiger partial charge in [0, 0.05) is 0 Å². The molecule has 1 heterocycles. The first kappa shape index (κ1) is 11.3. The highest BCUT2D eigenvalue weighted by atomic mass is 35.5. The first-order valence-corrected chi connectivity index (χ1v) is 5.78. The maximum absolute atomic E-state index is 8.87. The highest BCUT2D eigenvalue weighted by Crippen LogP contribution is 2.18. The summed E-state index contributed by atoms with van der Waals surface area (Å²) in [6, 6.07) is 7.22. The lowest BCUT2D eigenvalue weighted by molar-refractivity contribution is 0.280. The second-order valence-electron chi connectivity index (χ2n) is 3.04. The van der Waals surface area contributed by atoms with Crippen LogP contribution in [0.15, 0.2) is 24.3 Å². The van der Waals surface area contributed by atoms with E-state index in [0.29, 0.717) is 11.1 Å². The Bertz CT molecular complexity index is 458. The largest absolute Gasteiger partial charge is 0.486 e. The first-order valence-electron chi connectivity index (χ1n) is 4.58. The van der Waals surface area contributed by atoms with Crippen molar-refractivity contribution < 1.29 is 9.84 Å². The Morgan fingerprint density at radius 2 is 2.00 bits per heavy atom. The number of ether oxygens (including phenoxy) is 1. The molecule has 1 aromatic carbocycles. The number of aromatic nitrogens is 2. The van der Waals surface area contributed by atoms with E-state index in [1.807, 2.05) is 12.1 Å². The van der Waals surface area contributed by atoms with Crippen LogP contribution in [0.2, 0.25) is 4.47 Å². The number of rotatable bonds is 4. The maximum Gasteiger partial charge on any atom is 0.207 e. The van der Waals surface area contributed by atoms with Crippen molar-refractivity contribution in [1.82, 2.24) is 10.2 Å². The zero-order valence-electron chi connectivity index (χ0n) is 8.26. The Kier molecular flexibility index (Phi) is 3.71. The molecule has 84 valence electrons. The van der Waals surface area contributed by atoms with Gasteiger partial charge in [0.1, 0.15) is 12.4 Å². The molecule has 1 N–H and O–H groups in total. The predicted octanol–water partition coefficient (Wildman–Crippen LogP) is 2.26. The molecule has 6 heteroatoms. The van der Waals surface area contributed by atoms with Gasteiger partial charge in [0.05, 0.1) is 6.61 Å². The summed E-state index contributed by atoms with van der Waals surface area (Å²) >= 11 is 6.94. The van der Waals surface area contributed by atoms with Crippen LogP contribution < -0.4 is 4.74 Å². The smallest absolute Gasteiger partial charge is 0.207 e. The van der Waals surface area contributed by atoms with Gasteiger partial charge < -0.3 is 9.84 Å². The summed E-state index contributed by atoms with van der Waals surface area (Å²) in [5.74, 6) is 0.725. The van der Waals surface area contributed by atoms with Gasteiger partial charge in [-0.05, 0) is 29.3 Å². The van der Waals surface area contributed by atoms with Gasteiger partial charge in [-0.2, -0.15) is 0 Å².